The van der Waals surface area contributed by atoms with Crippen molar-refractivity contribution in [3.8, 4) is 0 Å². The van der Waals surface area contributed by atoms with Gasteiger partial charge >= 0.3 is 0 Å². The van der Waals surface area contributed by atoms with Gasteiger partial charge in [-0.25, -0.2) is 0 Å². The average Bonchev–Trinajstić information content (AvgIpc) is 2.89. The van der Waals surface area contributed by atoms with Gasteiger partial charge in [0, 0.05) is 24.5 Å². The van der Waals surface area contributed by atoms with Crippen LogP contribution in [0.4, 0.5) is 0 Å². The van der Waals surface area contributed by atoms with Gasteiger partial charge in [-0.1, -0.05) is 12.8 Å². The van der Waals surface area contributed by atoms with E-state index in [2.05, 4.69) is 24.1 Å². The van der Waals surface area contributed by atoms with Crippen molar-refractivity contribution in [1.82, 2.24) is 10.2 Å². The molecule has 2 saturated carbocycles. The fraction of sp³-hybridized carbons (Fsp3) is 0.938. The standard InChI is InChI=1S/C16H28N2O/c1-11(2)18(10-12-6-3-4-9-17-12)16(19)15-13-7-5-8-14(13)15/h11-15,17H,3-10H2,1-2H3. The molecule has 0 aromatic carbocycles. The Kier molecular flexibility index (Phi) is 3.84. The van der Waals surface area contributed by atoms with Crippen molar-refractivity contribution < 1.29 is 4.79 Å². The lowest BCUT2D eigenvalue weighted by Crippen LogP contribution is -2.49. The summed E-state index contributed by atoms with van der Waals surface area (Å²) in [7, 11) is 0. The summed E-state index contributed by atoms with van der Waals surface area (Å²) in [5, 5.41) is 3.58. The summed E-state index contributed by atoms with van der Waals surface area (Å²) in [5.74, 6) is 2.33. The summed E-state index contributed by atoms with van der Waals surface area (Å²) in [6, 6.07) is 0.872. The zero-order valence-corrected chi connectivity index (χ0v) is 12.4. The van der Waals surface area contributed by atoms with E-state index in [1.165, 1.54) is 38.5 Å². The van der Waals surface area contributed by atoms with Gasteiger partial charge in [0.1, 0.15) is 0 Å². The highest BCUT2D eigenvalue weighted by atomic mass is 16.2. The maximum atomic E-state index is 12.7. The molecule has 108 valence electrons. The molecule has 1 saturated heterocycles. The molecule has 3 rings (SSSR count). The van der Waals surface area contributed by atoms with Crippen LogP contribution in [0.3, 0.4) is 0 Å². The molecule has 1 N–H and O–H groups in total. The topological polar surface area (TPSA) is 32.3 Å². The first-order valence-electron chi connectivity index (χ1n) is 8.22. The van der Waals surface area contributed by atoms with Crippen molar-refractivity contribution in [3.05, 3.63) is 0 Å². The molecular weight excluding hydrogens is 236 g/mol. The average molecular weight is 264 g/mol. The molecule has 3 heteroatoms. The minimum Gasteiger partial charge on any atom is -0.338 e. The molecule has 0 radical (unpaired) electrons. The lowest BCUT2D eigenvalue weighted by atomic mass is 10.0. The molecular formula is C16H28N2O. The Balaban J connectivity index is 1.59. The van der Waals surface area contributed by atoms with Gasteiger partial charge in [-0.2, -0.15) is 0 Å². The van der Waals surface area contributed by atoms with E-state index in [-0.39, 0.29) is 0 Å². The lowest BCUT2D eigenvalue weighted by Gasteiger charge is -2.33. The molecule has 2 aliphatic carbocycles. The summed E-state index contributed by atoms with van der Waals surface area (Å²) >= 11 is 0. The summed E-state index contributed by atoms with van der Waals surface area (Å²) in [5.41, 5.74) is 0. The number of hydrogen-bond acceptors (Lipinski definition) is 2. The number of carbonyl (C=O) groups is 1. The summed E-state index contributed by atoms with van der Waals surface area (Å²) in [6.07, 6.45) is 7.79. The quantitative estimate of drug-likeness (QED) is 0.845. The van der Waals surface area contributed by atoms with Crippen LogP contribution in [0.1, 0.15) is 52.4 Å². The molecule has 1 aliphatic heterocycles. The number of carbonyl (C=O) groups excluding carboxylic acids is 1. The van der Waals surface area contributed by atoms with Gasteiger partial charge in [0.2, 0.25) is 5.91 Å². The zero-order chi connectivity index (χ0) is 13.4. The van der Waals surface area contributed by atoms with Crippen LogP contribution in [0.25, 0.3) is 0 Å². The summed E-state index contributed by atoms with van der Waals surface area (Å²) < 4.78 is 0. The predicted octanol–water partition coefficient (Wildman–Crippen LogP) is 2.41. The molecule has 0 aromatic heterocycles. The first-order chi connectivity index (χ1) is 9.18. The molecule has 0 bridgehead atoms. The molecule has 1 heterocycles. The van der Waals surface area contributed by atoms with Gasteiger partial charge in [0.15, 0.2) is 0 Å². The van der Waals surface area contributed by atoms with Gasteiger partial charge in [0.05, 0.1) is 0 Å². The van der Waals surface area contributed by atoms with E-state index in [0.29, 0.717) is 23.9 Å². The smallest absolute Gasteiger partial charge is 0.226 e. The van der Waals surface area contributed by atoms with Crippen LogP contribution >= 0.6 is 0 Å². The van der Waals surface area contributed by atoms with Crippen molar-refractivity contribution in [1.29, 1.82) is 0 Å². The van der Waals surface area contributed by atoms with Crippen LogP contribution in [0.15, 0.2) is 0 Å². The largest absolute Gasteiger partial charge is 0.338 e. The number of rotatable bonds is 4. The first kappa shape index (κ1) is 13.4. The maximum Gasteiger partial charge on any atom is 0.226 e. The minimum absolute atomic E-state index is 0.345. The van der Waals surface area contributed by atoms with Gasteiger partial charge in [0.25, 0.3) is 0 Å². The van der Waals surface area contributed by atoms with Crippen LogP contribution in [-0.2, 0) is 4.79 Å². The Hall–Kier alpha value is -0.570. The Morgan fingerprint density at radius 3 is 2.47 bits per heavy atom. The highest BCUT2D eigenvalue weighted by Crippen LogP contribution is 2.58. The number of piperidine rings is 1. The van der Waals surface area contributed by atoms with Crippen LogP contribution in [-0.4, -0.2) is 36.0 Å². The SMILES string of the molecule is CC(C)N(CC1CCCCN1)C(=O)C1C2CCCC21. The fourth-order valence-corrected chi connectivity index (χ4v) is 4.25. The molecule has 3 fully saturated rings. The lowest BCUT2D eigenvalue weighted by molar-refractivity contribution is -0.135. The van der Waals surface area contributed by atoms with E-state index in [4.69, 9.17) is 0 Å². The van der Waals surface area contributed by atoms with Gasteiger partial charge in [-0.05, 0) is 57.9 Å². The van der Waals surface area contributed by atoms with Gasteiger partial charge in [-0.15, -0.1) is 0 Å². The maximum absolute atomic E-state index is 12.7. The van der Waals surface area contributed by atoms with Gasteiger partial charge < -0.3 is 10.2 Å². The fourth-order valence-electron chi connectivity index (χ4n) is 4.25. The third-order valence-corrected chi connectivity index (χ3v) is 5.43. The van der Waals surface area contributed by atoms with E-state index in [1.54, 1.807) is 0 Å². The highest BCUT2D eigenvalue weighted by molar-refractivity contribution is 5.82. The highest BCUT2D eigenvalue weighted by Gasteiger charge is 2.57. The number of hydrogen-bond donors (Lipinski definition) is 1. The molecule has 3 atom stereocenters. The van der Waals surface area contributed by atoms with Gasteiger partial charge in [-0.3, -0.25) is 4.79 Å². The van der Waals surface area contributed by atoms with Crippen molar-refractivity contribution in [2.45, 2.75) is 64.5 Å². The van der Waals surface area contributed by atoms with Crippen LogP contribution in [0.2, 0.25) is 0 Å². The minimum atomic E-state index is 0.345. The Labute approximate surface area is 117 Å². The number of nitrogens with one attached hydrogen (secondary N) is 1. The number of amides is 1. The molecule has 3 aliphatic rings. The van der Waals surface area contributed by atoms with E-state index in [0.717, 1.165) is 24.9 Å². The summed E-state index contributed by atoms with van der Waals surface area (Å²) in [4.78, 5) is 14.9. The van der Waals surface area contributed by atoms with E-state index >= 15 is 0 Å². The first-order valence-corrected chi connectivity index (χ1v) is 8.22. The van der Waals surface area contributed by atoms with Crippen LogP contribution in [0.5, 0.6) is 0 Å². The molecule has 3 unspecified atom stereocenters. The number of nitrogens with zero attached hydrogens (tertiary/aromatic N) is 1. The zero-order valence-electron chi connectivity index (χ0n) is 12.4. The van der Waals surface area contributed by atoms with E-state index < -0.39 is 0 Å². The van der Waals surface area contributed by atoms with Crippen molar-refractivity contribution in [3.63, 3.8) is 0 Å². The number of fused-ring (bicyclic) bond motifs is 1. The van der Waals surface area contributed by atoms with Crippen molar-refractivity contribution >= 4 is 5.91 Å². The Bertz CT molecular complexity index is 326. The summed E-state index contributed by atoms with van der Waals surface area (Å²) in [6.45, 7) is 6.38. The molecule has 19 heavy (non-hydrogen) atoms. The normalized spacial score (nSPS) is 37.2. The second-order valence-corrected chi connectivity index (χ2v) is 7.02. The Morgan fingerprint density at radius 2 is 1.89 bits per heavy atom. The second kappa shape index (κ2) is 5.43. The second-order valence-electron chi connectivity index (χ2n) is 7.02. The van der Waals surface area contributed by atoms with Crippen LogP contribution in [0, 0.1) is 17.8 Å². The third-order valence-electron chi connectivity index (χ3n) is 5.43. The molecule has 3 nitrogen and oxygen atoms in total. The Morgan fingerprint density at radius 1 is 1.16 bits per heavy atom. The molecule has 0 aromatic rings. The molecule has 0 spiro atoms. The van der Waals surface area contributed by atoms with Crippen molar-refractivity contribution in [2.75, 3.05) is 13.1 Å². The predicted molar refractivity (Wildman–Crippen MR) is 76.8 cm³/mol. The van der Waals surface area contributed by atoms with E-state index in [9.17, 15) is 4.79 Å². The van der Waals surface area contributed by atoms with Crippen LogP contribution < -0.4 is 5.32 Å². The van der Waals surface area contributed by atoms with E-state index in [1.807, 2.05) is 0 Å². The monoisotopic (exact) mass is 264 g/mol. The van der Waals surface area contributed by atoms with Crippen molar-refractivity contribution in [2.24, 2.45) is 17.8 Å². The third kappa shape index (κ3) is 2.67. The molecule has 1 amide bonds.